The Morgan fingerprint density at radius 1 is 1.47 bits per heavy atom. The Hall–Kier alpha value is -1.02. The zero-order valence-electron chi connectivity index (χ0n) is 9.21. The molecule has 1 aromatic carbocycles. The number of Topliss-reactive ketones (excluding diaryl/α,β-unsaturated/α-hetero) is 1. The second kappa shape index (κ2) is 4.67. The molecule has 0 aliphatic rings. The Morgan fingerprint density at radius 3 is 2.67 bits per heavy atom. The number of carbonyl (C=O) groups is 1. The first-order valence-electron chi connectivity index (χ1n) is 4.76. The van der Waals surface area contributed by atoms with Crippen LogP contribution in [0.2, 0.25) is 0 Å². The van der Waals surface area contributed by atoms with Crippen molar-refractivity contribution in [2.75, 3.05) is 13.0 Å². The molecule has 0 saturated carbocycles. The van der Waals surface area contributed by atoms with Crippen LogP contribution in [0.25, 0.3) is 0 Å². The molecular weight excluding hydrogens is 212 g/mol. The molecule has 0 radical (unpaired) electrons. The molecule has 0 unspecified atom stereocenters. The number of rotatable bonds is 4. The normalized spacial score (nSPS) is 11.2. The van der Waals surface area contributed by atoms with Crippen molar-refractivity contribution in [1.29, 1.82) is 0 Å². The Bertz CT molecular complexity index is 358. The van der Waals surface area contributed by atoms with Crippen LogP contribution in [-0.2, 0) is 0 Å². The summed E-state index contributed by atoms with van der Waals surface area (Å²) in [6.07, 6.45) is 0. The smallest absolute Gasteiger partial charge is 0.169 e. The van der Waals surface area contributed by atoms with Crippen LogP contribution in [0.5, 0.6) is 5.75 Å². The highest BCUT2D eigenvalue weighted by molar-refractivity contribution is 6.21. The zero-order valence-corrected chi connectivity index (χ0v) is 9.97. The van der Waals surface area contributed by atoms with E-state index in [-0.39, 0.29) is 5.78 Å². The summed E-state index contributed by atoms with van der Waals surface area (Å²) in [6.45, 7) is 3.67. The molecule has 0 bridgehead atoms. The summed E-state index contributed by atoms with van der Waals surface area (Å²) < 4.78 is 5.07. The van der Waals surface area contributed by atoms with Crippen molar-refractivity contribution in [2.45, 2.75) is 13.8 Å². The predicted octanol–water partition coefficient (Wildman–Crippen LogP) is 3.14. The van der Waals surface area contributed by atoms with Gasteiger partial charge in [-0.15, -0.1) is 11.6 Å². The van der Waals surface area contributed by atoms with Gasteiger partial charge in [-0.2, -0.15) is 0 Å². The molecule has 1 aromatic rings. The molecule has 0 heterocycles. The van der Waals surface area contributed by atoms with Gasteiger partial charge in [-0.1, -0.05) is 26.0 Å². The maximum atomic E-state index is 12.0. The number of benzene rings is 1. The van der Waals surface area contributed by atoms with Crippen molar-refractivity contribution < 1.29 is 9.53 Å². The lowest BCUT2D eigenvalue weighted by Crippen LogP contribution is -2.26. The number of ketones is 1. The molecule has 0 spiro atoms. The van der Waals surface area contributed by atoms with Crippen LogP contribution in [0.3, 0.4) is 0 Å². The van der Waals surface area contributed by atoms with E-state index >= 15 is 0 Å². The van der Waals surface area contributed by atoms with Crippen LogP contribution in [-0.4, -0.2) is 18.8 Å². The number of carbonyl (C=O) groups excluding carboxylic acids is 1. The Balaban J connectivity index is 3.01. The first kappa shape index (κ1) is 12.1. The Morgan fingerprint density at radius 2 is 2.13 bits per heavy atom. The van der Waals surface area contributed by atoms with Crippen LogP contribution in [0.1, 0.15) is 24.2 Å². The van der Waals surface area contributed by atoms with Gasteiger partial charge in [-0.3, -0.25) is 4.79 Å². The van der Waals surface area contributed by atoms with Gasteiger partial charge in [0.25, 0.3) is 0 Å². The van der Waals surface area contributed by atoms with Crippen molar-refractivity contribution in [3.8, 4) is 5.75 Å². The third kappa shape index (κ3) is 2.72. The summed E-state index contributed by atoms with van der Waals surface area (Å²) in [4.78, 5) is 12.0. The van der Waals surface area contributed by atoms with E-state index in [2.05, 4.69) is 0 Å². The largest absolute Gasteiger partial charge is 0.497 e. The molecule has 0 N–H and O–H groups in total. The number of hydrogen-bond acceptors (Lipinski definition) is 2. The fraction of sp³-hybridized carbons (Fsp3) is 0.417. The highest BCUT2D eigenvalue weighted by atomic mass is 35.5. The molecule has 0 amide bonds. The van der Waals surface area contributed by atoms with Gasteiger partial charge in [0.05, 0.1) is 7.11 Å². The summed E-state index contributed by atoms with van der Waals surface area (Å²) >= 11 is 5.76. The summed E-state index contributed by atoms with van der Waals surface area (Å²) in [5.74, 6) is 1.03. The molecule has 15 heavy (non-hydrogen) atoms. The molecule has 3 heteroatoms. The predicted molar refractivity (Wildman–Crippen MR) is 61.8 cm³/mol. The molecule has 2 nitrogen and oxygen atoms in total. The molecule has 0 saturated heterocycles. The molecule has 1 rings (SSSR count). The SMILES string of the molecule is COc1cccc(C(=O)C(C)(C)CCl)c1. The minimum absolute atomic E-state index is 0.0383. The van der Waals surface area contributed by atoms with Crippen molar-refractivity contribution in [3.05, 3.63) is 29.8 Å². The van der Waals surface area contributed by atoms with E-state index in [1.54, 1.807) is 25.3 Å². The van der Waals surface area contributed by atoms with E-state index < -0.39 is 5.41 Å². The van der Waals surface area contributed by atoms with E-state index in [0.29, 0.717) is 17.2 Å². The fourth-order valence-electron chi connectivity index (χ4n) is 1.22. The van der Waals surface area contributed by atoms with E-state index in [0.717, 1.165) is 0 Å². The van der Waals surface area contributed by atoms with Gasteiger partial charge in [0, 0.05) is 16.9 Å². The first-order chi connectivity index (χ1) is 7.01. The molecular formula is C12H15ClO2. The zero-order chi connectivity index (χ0) is 11.5. The summed E-state index contributed by atoms with van der Waals surface area (Å²) in [7, 11) is 1.58. The van der Waals surface area contributed by atoms with Crippen molar-refractivity contribution in [3.63, 3.8) is 0 Å². The van der Waals surface area contributed by atoms with Gasteiger partial charge in [-0.25, -0.2) is 0 Å². The van der Waals surface area contributed by atoms with Crippen LogP contribution in [0, 0.1) is 5.41 Å². The number of ether oxygens (including phenoxy) is 1. The highest BCUT2D eigenvalue weighted by Crippen LogP contribution is 2.25. The lowest BCUT2D eigenvalue weighted by atomic mass is 9.86. The highest BCUT2D eigenvalue weighted by Gasteiger charge is 2.27. The third-order valence-electron chi connectivity index (χ3n) is 2.28. The van der Waals surface area contributed by atoms with E-state index in [4.69, 9.17) is 16.3 Å². The molecule has 0 atom stereocenters. The van der Waals surface area contributed by atoms with Gasteiger partial charge in [-0.05, 0) is 12.1 Å². The first-order valence-corrected chi connectivity index (χ1v) is 5.29. The topological polar surface area (TPSA) is 26.3 Å². The second-order valence-electron chi connectivity index (χ2n) is 4.08. The van der Waals surface area contributed by atoms with Gasteiger partial charge < -0.3 is 4.74 Å². The molecule has 0 aliphatic carbocycles. The fourth-order valence-corrected chi connectivity index (χ4v) is 1.34. The van der Waals surface area contributed by atoms with Gasteiger partial charge in [0.15, 0.2) is 5.78 Å². The Labute approximate surface area is 95.2 Å². The molecule has 0 aromatic heterocycles. The molecule has 0 aliphatic heterocycles. The van der Waals surface area contributed by atoms with Crippen LogP contribution in [0.15, 0.2) is 24.3 Å². The van der Waals surface area contributed by atoms with Crippen LogP contribution in [0.4, 0.5) is 0 Å². The summed E-state index contributed by atoms with van der Waals surface area (Å²) in [6, 6.07) is 7.12. The maximum Gasteiger partial charge on any atom is 0.169 e. The quantitative estimate of drug-likeness (QED) is 0.583. The minimum atomic E-state index is -0.534. The number of methoxy groups -OCH3 is 1. The lowest BCUT2D eigenvalue weighted by Gasteiger charge is -2.19. The lowest BCUT2D eigenvalue weighted by molar-refractivity contribution is 0.0861. The Kier molecular flexibility index (Phi) is 3.75. The number of hydrogen-bond donors (Lipinski definition) is 0. The number of alkyl halides is 1. The van der Waals surface area contributed by atoms with Gasteiger partial charge in [0.1, 0.15) is 5.75 Å². The molecule has 82 valence electrons. The van der Waals surface area contributed by atoms with E-state index in [1.165, 1.54) is 0 Å². The van der Waals surface area contributed by atoms with Crippen molar-refractivity contribution in [2.24, 2.45) is 5.41 Å². The summed E-state index contributed by atoms with van der Waals surface area (Å²) in [5.41, 5.74) is 0.105. The van der Waals surface area contributed by atoms with E-state index in [9.17, 15) is 4.79 Å². The molecule has 0 fully saturated rings. The minimum Gasteiger partial charge on any atom is -0.497 e. The van der Waals surface area contributed by atoms with Gasteiger partial charge >= 0.3 is 0 Å². The van der Waals surface area contributed by atoms with Crippen LogP contribution < -0.4 is 4.74 Å². The van der Waals surface area contributed by atoms with Crippen molar-refractivity contribution in [1.82, 2.24) is 0 Å². The average molecular weight is 227 g/mol. The maximum absolute atomic E-state index is 12.0. The standard InChI is InChI=1S/C12H15ClO2/c1-12(2,8-13)11(14)9-5-4-6-10(7-9)15-3/h4-7H,8H2,1-3H3. The van der Waals surface area contributed by atoms with Crippen molar-refractivity contribution >= 4 is 17.4 Å². The number of halogens is 1. The summed E-state index contributed by atoms with van der Waals surface area (Å²) in [5, 5.41) is 0. The van der Waals surface area contributed by atoms with E-state index in [1.807, 2.05) is 19.9 Å². The van der Waals surface area contributed by atoms with Crippen LogP contribution >= 0.6 is 11.6 Å². The van der Waals surface area contributed by atoms with Gasteiger partial charge in [0.2, 0.25) is 0 Å². The average Bonchev–Trinajstić information content (AvgIpc) is 2.28. The monoisotopic (exact) mass is 226 g/mol. The third-order valence-corrected chi connectivity index (χ3v) is 2.95. The second-order valence-corrected chi connectivity index (χ2v) is 4.35.